The number of rotatable bonds is 4. The Morgan fingerprint density at radius 2 is 2.00 bits per heavy atom. The standard InChI is InChI=1S/C16H19NO3/c1-4-5-13-9-12-8-11(6-7-14(12)17-13)16(19)20-15(18)10(2)3/h6-10,17H,4-5H2,1-3H3. The fourth-order valence-electron chi connectivity index (χ4n) is 1.99. The molecule has 106 valence electrons. The summed E-state index contributed by atoms with van der Waals surface area (Å²) in [6.07, 6.45) is 2.03. The third-order valence-electron chi connectivity index (χ3n) is 3.10. The van der Waals surface area contributed by atoms with Crippen molar-refractivity contribution in [1.82, 2.24) is 4.98 Å². The zero-order valence-electron chi connectivity index (χ0n) is 12.0. The van der Waals surface area contributed by atoms with E-state index in [1.165, 1.54) is 0 Å². The van der Waals surface area contributed by atoms with Gasteiger partial charge in [-0.15, -0.1) is 0 Å². The third kappa shape index (κ3) is 3.07. The van der Waals surface area contributed by atoms with Gasteiger partial charge in [0.25, 0.3) is 0 Å². The number of carbonyl (C=O) groups excluding carboxylic acids is 2. The predicted molar refractivity (Wildman–Crippen MR) is 77.6 cm³/mol. The summed E-state index contributed by atoms with van der Waals surface area (Å²) in [5.74, 6) is -1.41. The van der Waals surface area contributed by atoms with Gasteiger partial charge >= 0.3 is 11.9 Å². The number of nitrogens with one attached hydrogen (secondary N) is 1. The van der Waals surface area contributed by atoms with Gasteiger partial charge in [-0.1, -0.05) is 27.2 Å². The molecule has 4 nitrogen and oxygen atoms in total. The number of aromatic amines is 1. The van der Waals surface area contributed by atoms with E-state index in [0.29, 0.717) is 5.56 Å². The van der Waals surface area contributed by atoms with Gasteiger partial charge in [-0.3, -0.25) is 4.79 Å². The van der Waals surface area contributed by atoms with Gasteiger partial charge in [0.05, 0.1) is 11.5 Å². The molecule has 0 aliphatic heterocycles. The summed E-state index contributed by atoms with van der Waals surface area (Å²) in [6.45, 7) is 5.51. The smallest absolute Gasteiger partial charge is 0.345 e. The van der Waals surface area contributed by atoms with Crippen LogP contribution in [-0.4, -0.2) is 16.9 Å². The van der Waals surface area contributed by atoms with Crippen molar-refractivity contribution in [2.45, 2.75) is 33.6 Å². The number of aromatic nitrogens is 1. The molecule has 4 heteroatoms. The maximum Gasteiger partial charge on any atom is 0.345 e. The van der Waals surface area contributed by atoms with Crippen LogP contribution in [0.2, 0.25) is 0 Å². The highest BCUT2D eigenvalue weighted by atomic mass is 16.6. The van der Waals surface area contributed by atoms with Crippen LogP contribution in [0, 0.1) is 5.92 Å². The number of fused-ring (bicyclic) bond motifs is 1. The van der Waals surface area contributed by atoms with E-state index in [9.17, 15) is 9.59 Å². The molecule has 2 aromatic rings. The van der Waals surface area contributed by atoms with Gasteiger partial charge < -0.3 is 9.72 Å². The fourth-order valence-corrected chi connectivity index (χ4v) is 1.99. The van der Waals surface area contributed by atoms with E-state index in [4.69, 9.17) is 4.74 Å². The lowest BCUT2D eigenvalue weighted by Crippen LogP contribution is -2.17. The second-order valence-electron chi connectivity index (χ2n) is 5.21. The molecule has 0 saturated heterocycles. The average molecular weight is 273 g/mol. The van der Waals surface area contributed by atoms with Crippen LogP contribution < -0.4 is 0 Å². The summed E-state index contributed by atoms with van der Waals surface area (Å²) in [5.41, 5.74) is 2.53. The number of hydrogen-bond donors (Lipinski definition) is 1. The van der Waals surface area contributed by atoms with E-state index in [2.05, 4.69) is 11.9 Å². The van der Waals surface area contributed by atoms with Gasteiger partial charge in [-0.05, 0) is 30.7 Å². The predicted octanol–water partition coefficient (Wildman–Crippen LogP) is 3.46. The Morgan fingerprint density at radius 1 is 1.25 bits per heavy atom. The van der Waals surface area contributed by atoms with E-state index in [1.807, 2.05) is 12.1 Å². The van der Waals surface area contributed by atoms with E-state index in [1.54, 1.807) is 26.0 Å². The first-order chi connectivity index (χ1) is 9.51. The minimum absolute atomic E-state index is 0.314. The minimum Gasteiger partial charge on any atom is -0.389 e. The maximum atomic E-state index is 11.9. The molecule has 1 aromatic heterocycles. The second-order valence-corrected chi connectivity index (χ2v) is 5.21. The van der Waals surface area contributed by atoms with Crippen LogP contribution in [0.4, 0.5) is 0 Å². The summed E-state index contributed by atoms with van der Waals surface area (Å²) in [7, 11) is 0. The van der Waals surface area contributed by atoms with Crippen LogP contribution in [-0.2, 0) is 16.0 Å². The second kappa shape index (κ2) is 5.90. The highest BCUT2D eigenvalue weighted by Gasteiger charge is 2.16. The number of hydrogen-bond acceptors (Lipinski definition) is 3. The molecule has 0 amide bonds. The molecular weight excluding hydrogens is 254 g/mol. The molecule has 0 radical (unpaired) electrons. The molecule has 0 bridgehead atoms. The van der Waals surface area contributed by atoms with Gasteiger partial charge in [-0.2, -0.15) is 0 Å². The van der Waals surface area contributed by atoms with E-state index >= 15 is 0 Å². The first-order valence-electron chi connectivity index (χ1n) is 6.89. The number of H-pyrrole nitrogens is 1. The van der Waals surface area contributed by atoms with Gasteiger partial charge in [0.15, 0.2) is 0 Å². The number of benzene rings is 1. The Hall–Kier alpha value is -2.10. The largest absolute Gasteiger partial charge is 0.389 e. The highest BCUT2D eigenvalue weighted by molar-refractivity contribution is 6.00. The van der Waals surface area contributed by atoms with Crippen molar-refractivity contribution >= 4 is 22.8 Å². The lowest BCUT2D eigenvalue weighted by molar-refractivity contribution is -0.141. The van der Waals surface area contributed by atoms with Crippen molar-refractivity contribution in [3.8, 4) is 0 Å². The fraction of sp³-hybridized carbons (Fsp3) is 0.375. The molecule has 0 spiro atoms. The molecule has 20 heavy (non-hydrogen) atoms. The monoisotopic (exact) mass is 273 g/mol. The minimum atomic E-state index is -0.594. The highest BCUT2D eigenvalue weighted by Crippen LogP contribution is 2.19. The molecular formula is C16H19NO3. The third-order valence-corrected chi connectivity index (χ3v) is 3.10. The zero-order chi connectivity index (χ0) is 14.7. The Labute approximate surface area is 118 Å². The van der Waals surface area contributed by atoms with Crippen LogP contribution in [0.15, 0.2) is 24.3 Å². The normalized spacial score (nSPS) is 11.0. The Kier molecular flexibility index (Phi) is 4.23. The summed E-state index contributed by atoms with van der Waals surface area (Å²) in [6, 6.07) is 7.29. The van der Waals surface area contributed by atoms with Crippen molar-refractivity contribution < 1.29 is 14.3 Å². The Balaban J connectivity index is 2.22. The summed E-state index contributed by atoms with van der Waals surface area (Å²) in [4.78, 5) is 26.6. The summed E-state index contributed by atoms with van der Waals surface area (Å²) >= 11 is 0. The molecule has 1 heterocycles. The first-order valence-corrected chi connectivity index (χ1v) is 6.89. The number of esters is 2. The number of aryl methyl sites for hydroxylation is 1. The zero-order valence-corrected chi connectivity index (χ0v) is 12.0. The van der Waals surface area contributed by atoms with Crippen molar-refractivity contribution in [2.24, 2.45) is 5.92 Å². The van der Waals surface area contributed by atoms with Gasteiger partial charge in [-0.25, -0.2) is 4.79 Å². The number of ether oxygens (including phenoxy) is 1. The lowest BCUT2D eigenvalue weighted by Gasteiger charge is -2.05. The molecule has 0 aliphatic carbocycles. The summed E-state index contributed by atoms with van der Waals surface area (Å²) < 4.78 is 4.81. The SMILES string of the molecule is CCCc1cc2cc(C(=O)OC(=O)C(C)C)ccc2[nH]1. The topological polar surface area (TPSA) is 59.2 Å². The molecule has 0 aliphatic rings. The van der Waals surface area contributed by atoms with E-state index in [-0.39, 0.29) is 5.92 Å². The molecule has 2 rings (SSSR count). The van der Waals surface area contributed by atoms with Gasteiger partial charge in [0, 0.05) is 16.6 Å². The molecule has 0 fully saturated rings. The lowest BCUT2D eigenvalue weighted by atomic mass is 10.1. The quantitative estimate of drug-likeness (QED) is 0.685. The molecule has 0 atom stereocenters. The van der Waals surface area contributed by atoms with Crippen molar-refractivity contribution in [3.05, 3.63) is 35.5 Å². The molecule has 0 saturated carbocycles. The Morgan fingerprint density at radius 3 is 2.65 bits per heavy atom. The van der Waals surface area contributed by atoms with Crippen LogP contribution in [0.25, 0.3) is 10.9 Å². The molecule has 0 unspecified atom stereocenters. The first kappa shape index (κ1) is 14.3. The Bertz CT molecular complexity index is 640. The van der Waals surface area contributed by atoms with Crippen LogP contribution >= 0.6 is 0 Å². The maximum absolute atomic E-state index is 11.9. The van der Waals surface area contributed by atoms with Gasteiger partial charge in [0.2, 0.25) is 0 Å². The van der Waals surface area contributed by atoms with E-state index in [0.717, 1.165) is 29.4 Å². The van der Waals surface area contributed by atoms with Crippen LogP contribution in [0.3, 0.4) is 0 Å². The van der Waals surface area contributed by atoms with Crippen LogP contribution in [0.5, 0.6) is 0 Å². The molecule has 1 N–H and O–H groups in total. The average Bonchev–Trinajstić information content (AvgIpc) is 2.80. The summed E-state index contributed by atoms with van der Waals surface area (Å²) in [5, 5.41) is 0.958. The molecule has 1 aromatic carbocycles. The van der Waals surface area contributed by atoms with Crippen molar-refractivity contribution in [2.75, 3.05) is 0 Å². The van der Waals surface area contributed by atoms with Crippen LogP contribution in [0.1, 0.15) is 43.2 Å². The number of carbonyl (C=O) groups is 2. The van der Waals surface area contributed by atoms with E-state index < -0.39 is 11.9 Å². The van der Waals surface area contributed by atoms with Crippen molar-refractivity contribution in [1.29, 1.82) is 0 Å². The van der Waals surface area contributed by atoms with Crippen molar-refractivity contribution in [3.63, 3.8) is 0 Å². The van der Waals surface area contributed by atoms with Gasteiger partial charge in [0.1, 0.15) is 0 Å².